The lowest BCUT2D eigenvalue weighted by molar-refractivity contribution is -0.115. The van der Waals surface area contributed by atoms with Gasteiger partial charge in [-0.15, -0.1) is 11.8 Å². The zero-order valence-electron chi connectivity index (χ0n) is 12.7. The third kappa shape index (κ3) is 3.45. The van der Waals surface area contributed by atoms with Crippen LogP contribution in [0.5, 0.6) is 0 Å². The highest BCUT2D eigenvalue weighted by Crippen LogP contribution is 2.33. The van der Waals surface area contributed by atoms with Crippen molar-refractivity contribution < 1.29 is 4.79 Å². The molecule has 0 fully saturated rings. The van der Waals surface area contributed by atoms with Crippen LogP contribution in [0.1, 0.15) is 12.5 Å². The predicted octanol–water partition coefficient (Wildman–Crippen LogP) is 3.80. The first-order valence-corrected chi connectivity index (χ1v) is 8.60. The van der Waals surface area contributed by atoms with Gasteiger partial charge in [-0.3, -0.25) is 4.79 Å². The highest BCUT2D eigenvalue weighted by Gasteiger charge is 2.19. The molecule has 3 rings (SSSR count). The van der Waals surface area contributed by atoms with Gasteiger partial charge in [0.2, 0.25) is 5.91 Å². The van der Waals surface area contributed by atoms with Crippen LogP contribution in [0.25, 0.3) is 0 Å². The Labute approximate surface area is 135 Å². The fraction of sp³-hybridized carbons (Fsp3) is 0.278. The van der Waals surface area contributed by atoms with Gasteiger partial charge in [-0.1, -0.05) is 31.2 Å². The maximum atomic E-state index is 12.3. The van der Waals surface area contributed by atoms with Crippen LogP contribution in [0.15, 0.2) is 53.4 Å². The Bertz CT molecular complexity index is 654. The molecule has 4 heteroatoms. The molecular weight excluding hydrogens is 292 g/mol. The zero-order chi connectivity index (χ0) is 15.4. The quantitative estimate of drug-likeness (QED) is 0.932. The number of anilines is 2. The molecule has 2 aromatic rings. The highest BCUT2D eigenvalue weighted by atomic mass is 32.2. The summed E-state index contributed by atoms with van der Waals surface area (Å²) in [6, 6.07) is 16.3. The average Bonchev–Trinajstić information content (AvgIpc) is 2.56. The number of rotatable bonds is 4. The van der Waals surface area contributed by atoms with Crippen molar-refractivity contribution in [3.63, 3.8) is 0 Å². The number of nitrogens with one attached hydrogen (secondary N) is 1. The molecule has 0 atom stereocenters. The van der Waals surface area contributed by atoms with Crippen molar-refractivity contribution in [2.45, 2.75) is 18.2 Å². The molecule has 3 nitrogen and oxygen atoms in total. The van der Waals surface area contributed by atoms with Gasteiger partial charge in [0.1, 0.15) is 0 Å². The molecule has 1 aliphatic heterocycles. The van der Waals surface area contributed by atoms with Crippen LogP contribution in [0.4, 0.5) is 11.4 Å². The standard InChI is InChI=1S/C18H20N2OS/c1-2-14-7-9-15(10-8-14)19-18(21)13-20-11-12-22-17-6-4-3-5-16(17)20/h3-10H,2,11-13H2,1H3,(H,19,21). The zero-order valence-corrected chi connectivity index (χ0v) is 13.5. The number of fused-ring (bicyclic) bond motifs is 1. The van der Waals surface area contributed by atoms with Crippen molar-refractivity contribution >= 4 is 29.0 Å². The van der Waals surface area contributed by atoms with E-state index < -0.39 is 0 Å². The summed E-state index contributed by atoms with van der Waals surface area (Å²) >= 11 is 1.85. The summed E-state index contributed by atoms with van der Waals surface area (Å²) in [5.41, 5.74) is 3.30. The van der Waals surface area contributed by atoms with Crippen molar-refractivity contribution in [1.29, 1.82) is 0 Å². The molecule has 0 unspecified atom stereocenters. The number of benzene rings is 2. The van der Waals surface area contributed by atoms with E-state index in [0.717, 1.165) is 30.1 Å². The second-order valence-corrected chi connectivity index (χ2v) is 6.47. The SMILES string of the molecule is CCc1ccc(NC(=O)CN2CCSc3ccccc32)cc1. The predicted molar refractivity (Wildman–Crippen MR) is 93.8 cm³/mol. The third-order valence-corrected chi connectivity index (χ3v) is 4.85. The summed E-state index contributed by atoms with van der Waals surface area (Å²) in [6.07, 6.45) is 1.01. The van der Waals surface area contributed by atoms with Crippen LogP contribution >= 0.6 is 11.8 Å². The summed E-state index contributed by atoms with van der Waals surface area (Å²) in [7, 11) is 0. The van der Waals surface area contributed by atoms with Gasteiger partial charge in [-0.2, -0.15) is 0 Å². The molecule has 2 aromatic carbocycles. The Hall–Kier alpha value is -1.94. The molecule has 0 saturated carbocycles. The van der Waals surface area contributed by atoms with E-state index in [4.69, 9.17) is 0 Å². The first-order valence-electron chi connectivity index (χ1n) is 7.62. The maximum Gasteiger partial charge on any atom is 0.243 e. The Morgan fingerprint density at radius 3 is 2.73 bits per heavy atom. The Morgan fingerprint density at radius 1 is 1.18 bits per heavy atom. The lowest BCUT2D eigenvalue weighted by atomic mass is 10.1. The maximum absolute atomic E-state index is 12.3. The molecule has 1 heterocycles. The summed E-state index contributed by atoms with van der Waals surface area (Å²) in [5, 5.41) is 2.98. The first-order chi connectivity index (χ1) is 10.8. The smallest absolute Gasteiger partial charge is 0.243 e. The number of thioether (sulfide) groups is 1. The van der Waals surface area contributed by atoms with Gasteiger partial charge in [0, 0.05) is 22.9 Å². The molecule has 0 radical (unpaired) electrons. The second kappa shape index (κ2) is 6.88. The lowest BCUT2D eigenvalue weighted by Gasteiger charge is -2.30. The van der Waals surface area contributed by atoms with Gasteiger partial charge in [0.25, 0.3) is 0 Å². The van der Waals surface area contributed by atoms with Crippen molar-refractivity contribution in [3.05, 3.63) is 54.1 Å². The monoisotopic (exact) mass is 312 g/mol. The Morgan fingerprint density at radius 2 is 1.95 bits per heavy atom. The molecule has 1 amide bonds. The van der Waals surface area contributed by atoms with Crippen LogP contribution in [0.2, 0.25) is 0 Å². The summed E-state index contributed by atoms with van der Waals surface area (Å²) in [5.74, 6) is 1.06. The Kier molecular flexibility index (Phi) is 4.68. The average molecular weight is 312 g/mol. The van der Waals surface area contributed by atoms with Crippen LogP contribution in [0.3, 0.4) is 0 Å². The number of para-hydroxylation sites is 1. The van der Waals surface area contributed by atoms with Crippen molar-refractivity contribution in [1.82, 2.24) is 0 Å². The highest BCUT2D eigenvalue weighted by molar-refractivity contribution is 7.99. The molecular formula is C18H20N2OS. The third-order valence-electron chi connectivity index (χ3n) is 3.81. The second-order valence-electron chi connectivity index (χ2n) is 5.34. The minimum atomic E-state index is 0.0333. The Balaban J connectivity index is 1.65. The minimum absolute atomic E-state index is 0.0333. The molecule has 114 valence electrons. The number of nitrogens with zero attached hydrogens (tertiary/aromatic N) is 1. The molecule has 0 spiro atoms. The topological polar surface area (TPSA) is 32.3 Å². The van der Waals surface area contributed by atoms with E-state index in [1.807, 2.05) is 36.0 Å². The largest absolute Gasteiger partial charge is 0.360 e. The van der Waals surface area contributed by atoms with Crippen LogP contribution < -0.4 is 10.2 Å². The van der Waals surface area contributed by atoms with E-state index in [2.05, 4.69) is 41.4 Å². The van der Waals surface area contributed by atoms with Gasteiger partial charge in [-0.05, 0) is 36.2 Å². The summed E-state index contributed by atoms with van der Waals surface area (Å²) in [6.45, 7) is 3.43. The van der Waals surface area contributed by atoms with E-state index in [-0.39, 0.29) is 5.91 Å². The van der Waals surface area contributed by atoms with Crippen LogP contribution in [-0.2, 0) is 11.2 Å². The van der Waals surface area contributed by atoms with Gasteiger partial charge in [0.05, 0.1) is 12.2 Å². The van der Waals surface area contributed by atoms with E-state index in [1.54, 1.807) is 0 Å². The first kappa shape index (κ1) is 15.0. The number of hydrogen-bond donors (Lipinski definition) is 1. The van der Waals surface area contributed by atoms with Gasteiger partial charge >= 0.3 is 0 Å². The number of hydrogen-bond acceptors (Lipinski definition) is 3. The molecule has 0 aliphatic carbocycles. The number of amides is 1. The summed E-state index contributed by atoms with van der Waals surface area (Å²) in [4.78, 5) is 15.7. The van der Waals surface area contributed by atoms with E-state index in [1.165, 1.54) is 10.5 Å². The van der Waals surface area contributed by atoms with Crippen LogP contribution in [0, 0.1) is 0 Å². The molecule has 0 bridgehead atoms. The number of carbonyl (C=O) groups excluding carboxylic acids is 1. The summed E-state index contributed by atoms with van der Waals surface area (Å²) < 4.78 is 0. The number of aryl methyl sites for hydroxylation is 1. The normalized spacial score (nSPS) is 13.6. The van der Waals surface area contributed by atoms with Crippen molar-refractivity contribution in [2.75, 3.05) is 29.1 Å². The van der Waals surface area contributed by atoms with E-state index in [0.29, 0.717) is 6.54 Å². The molecule has 1 aliphatic rings. The van der Waals surface area contributed by atoms with Gasteiger partial charge < -0.3 is 10.2 Å². The molecule has 22 heavy (non-hydrogen) atoms. The fourth-order valence-corrected chi connectivity index (χ4v) is 3.64. The van der Waals surface area contributed by atoms with Crippen molar-refractivity contribution in [3.8, 4) is 0 Å². The van der Waals surface area contributed by atoms with E-state index in [9.17, 15) is 4.79 Å². The molecule has 1 N–H and O–H groups in total. The van der Waals surface area contributed by atoms with Gasteiger partial charge in [0.15, 0.2) is 0 Å². The van der Waals surface area contributed by atoms with E-state index >= 15 is 0 Å². The fourth-order valence-electron chi connectivity index (χ4n) is 2.59. The van der Waals surface area contributed by atoms with Crippen molar-refractivity contribution in [2.24, 2.45) is 0 Å². The van der Waals surface area contributed by atoms with Crippen LogP contribution in [-0.4, -0.2) is 24.7 Å². The molecule has 0 saturated heterocycles. The molecule has 0 aromatic heterocycles. The lowest BCUT2D eigenvalue weighted by Crippen LogP contribution is -2.36. The minimum Gasteiger partial charge on any atom is -0.360 e. The van der Waals surface area contributed by atoms with Gasteiger partial charge in [-0.25, -0.2) is 0 Å². The number of carbonyl (C=O) groups is 1.